The van der Waals surface area contributed by atoms with Gasteiger partial charge in [-0.25, -0.2) is 0 Å². The molecule has 34 heavy (non-hydrogen) atoms. The van der Waals surface area contributed by atoms with Crippen LogP contribution in [0.4, 0.5) is 0 Å². The fourth-order valence-electron chi connectivity index (χ4n) is 3.49. The molecule has 0 bridgehead atoms. The first-order valence-electron chi connectivity index (χ1n) is 11.8. The highest BCUT2D eigenvalue weighted by molar-refractivity contribution is 9.10. The third-order valence-corrected chi connectivity index (χ3v) is 6.18. The van der Waals surface area contributed by atoms with Crippen LogP contribution in [0.2, 0.25) is 0 Å². The number of carbonyl (C=O) groups is 2. The summed E-state index contributed by atoms with van der Waals surface area (Å²) in [7, 11) is 1.61. The molecule has 0 aliphatic rings. The molecule has 186 valence electrons. The zero-order chi connectivity index (χ0) is 25.3. The first kappa shape index (κ1) is 27.7. The van der Waals surface area contributed by atoms with E-state index in [-0.39, 0.29) is 18.4 Å². The number of halogens is 1. The molecule has 1 atom stereocenters. The SMILES string of the molecule is CCC(C(=O)NCC(C)C)N(Cc1ccc(OC)cc1)C(=O)COc1ccc(C(C)C)cc1Br. The van der Waals surface area contributed by atoms with Crippen molar-refractivity contribution in [2.45, 2.75) is 59.5 Å². The Morgan fingerprint density at radius 2 is 1.74 bits per heavy atom. The molecule has 2 rings (SSSR count). The van der Waals surface area contributed by atoms with E-state index in [0.717, 1.165) is 15.8 Å². The van der Waals surface area contributed by atoms with Gasteiger partial charge in [0.25, 0.3) is 5.91 Å². The van der Waals surface area contributed by atoms with Crippen molar-refractivity contribution in [2.24, 2.45) is 5.92 Å². The Morgan fingerprint density at radius 3 is 2.26 bits per heavy atom. The smallest absolute Gasteiger partial charge is 0.261 e. The van der Waals surface area contributed by atoms with Gasteiger partial charge in [0.05, 0.1) is 11.6 Å². The Labute approximate surface area is 212 Å². The van der Waals surface area contributed by atoms with Gasteiger partial charge in [0, 0.05) is 13.1 Å². The second kappa shape index (κ2) is 13.4. The normalized spacial score (nSPS) is 11.9. The lowest BCUT2D eigenvalue weighted by molar-refractivity contribution is -0.143. The maximum absolute atomic E-state index is 13.4. The fourth-order valence-corrected chi connectivity index (χ4v) is 4.00. The number of ether oxygens (including phenoxy) is 2. The van der Waals surface area contributed by atoms with E-state index in [0.29, 0.717) is 37.1 Å². The van der Waals surface area contributed by atoms with Gasteiger partial charge in [-0.3, -0.25) is 9.59 Å². The average Bonchev–Trinajstić information content (AvgIpc) is 2.81. The minimum absolute atomic E-state index is 0.152. The van der Waals surface area contributed by atoms with Gasteiger partial charge in [-0.2, -0.15) is 0 Å². The van der Waals surface area contributed by atoms with Crippen LogP contribution in [0.15, 0.2) is 46.9 Å². The lowest BCUT2D eigenvalue weighted by Crippen LogP contribution is -2.50. The summed E-state index contributed by atoms with van der Waals surface area (Å²) >= 11 is 3.54. The molecule has 0 heterocycles. The molecule has 1 unspecified atom stereocenters. The highest BCUT2D eigenvalue weighted by atomic mass is 79.9. The molecule has 0 aliphatic carbocycles. The second-order valence-electron chi connectivity index (χ2n) is 9.07. The van der Waals surface area contributed by atoms with Crippen LogP contribution in [-0.2, 0) is 16.1 Å². The van der Waals surface area contributed by atoms with Crippen molar-refractivity contribution >= 4 is 27.7 Å². The molecule has 1 N–H and O–H groups in total. The van der Waals surface area contributed by atoms with E-state index in [1.165, 1.54) is 5.56 Å². The number of nitrogens with one attached hydrogen (secondary N) is 1. The topological polar surface area (TPSA) is 67.9 Å². The first-order valence-corrected chi connectivity index (χ1v) is 12.6. The second-order valence-corrected chi connectivity index (χ2v) is 9.92. The van der Waals surface area contributed by atoms with Crippen LogP contribution in [0.5, 0.6) is 11.5 Å². The molecule has 0 aromatic heterocycles. The van der Waals surface area contributed by atoms with E-state index in [1.54, 1.807) is 12.0 Å². The fraction of sp³-hybridized carbons (Fsp3) is 0.481. The summed E-state index contributed by atoms with van der Waals surface area (Å²) in [5, 5.41) is 2.97. The van der Waals surface area contributed by atoms with Crippen LogP contribution in [0, 0.1) is 5.92 Å². The van der Waals surface area contributed by atoms with Crippen molar-refractivity contribution in [1.29, 1.82) is 0 Å². The van der Waals surface area contributed by atoms with E-state index >= 15 is 0 Å². The van der Waals surface area contributed by atoms with E-state index in [4.69, 9.17) is 9.47 Å². The summed E-state index contributed by atoms with van der Waals surface area (Å²) in [4.78, 5) is 27.9. The molecule has 0 radical (unpaired) electrons. The number of methoxy groups -OCH3 is 1. The van der Waals surface area contributed by atoms with E-state index in [2.05, 4.69) is 35.1 Å². The first-order chi connectivity index (χ1) is 16.2. The molecule has 0 saturated heterocycles. The van der Waals surface area contributed by atoms with Crippen LogP contribution < -0.4 is 14.8 Å². The van der Waals surface area contributed by atoms with Crippen molar-refractivity contribution in [3.05, 3.63) is 58.1 Å². The maximum Gasteiger partial charge on any atom is 0.261 e. The number of benzene rings is 2. The summed E-state index contributed by atoms with van der Waals surface area (Å²) in [5.74, 6) is 1.65. The molecule has 0 saturated carbocycles. The third-order valence-electron chi connectivity index (χ3n) is 5.56. The van der Waals surface area contributed by atoms with Gasteiger partial charge in [0.2, 0.25) is 5.91 Å². The highest BCUT2D eigenvalue weighted by Gasteiger charge is 2.29. The molecule has 0 fully saturated rings. The lowest BCUT2D eigenvalue weighted by atomic mass is 10.0. The van der Waals surface area contributed by atoms with E-state index in [9.17, 15) is 9.59 Å². The zero-order valence-corrected chi connectivity index (χ0v) is 22.6. The van der Waals surface area contributed by atoms with Crippen LogP contribution in [0.25, 0.3) is 0 Å². The van der Waals surface area contributed by atoms with Crippen LogP contribution in [-0.4, -0.2) is 43.0 Å². The number of hydrogen-bond acceptors (Lipinski definition) is 4. The van der Waals surface area contributed by atoms with Crippen molar-refractivity contribution in [3.63, 3.8) is 0 Å². The molecule has 0 aliphatic heterocycles. The summed E-state index contributed by atoms with van der Waals surface area (Å²) in [6, 6.07) is 12.8. The summed E-state index contributed by atoms with van der Waals surface area (Å²) < 4.78 is 11.9. The van der Waals surface area contributed by atoms with Gasteiger partial charge in [-0.15, -0.1) is 0 Å². The highest BCUT2D eigenvalue weighted by Crippen LogP contribution is 2.29. The summed E-state index contributed by atoms with van der Waals surface area (Å²) in [5.41, 5.74) is 2.09. The van der Waals surface area contributed by atoms with Gasteiger partial charge in [-0.1, -0.05) is 52.8 Å². The largest absolute Gasteiger partial charge is 0.497 e. The van der Waals surface area contributed by atoms with Crippen molar-refractivity contribution in [2.75, 3.05) is 20.3 Å². The molecule has 2 aromatic carbocycles. The number of amides is 2. The summed E-state index contributed by atoms with van der Waals surface area (Å²) in [6.07, 6.45) is 0.499. The summed E-state index contributed by atoms with van der Waals surface area (Å²) in [6.45, 7) is 10.9. The van der Waals surface area contributed by atoms with Gasteiger partial charge in [0.15, 0.2) is 6.61 Å². The molecule has 6 nitrogen and oxygen atoms in total. The van der Waals surface area contributed by atoms with Crippen LogP contribution in [0.1, 0.15) is 58.1 Å². The Balaban J connectivity index is 2.22. The number of hydrogen-bond donors (Lipinski definition) is 1. The lowest BCUT2D eigenvalue weighted by Gasteiger charge is -2.31. The van der Waals surface area contributed by atoms with Crippen molar-refractivity contribution < 1.29 is 19.1 Å². The van der Waals surface area contributed by atoms with Gasteiger partial charge >= 0.3 is 0 Å². The minimum Gasteiger partial charge on any atom is -0.497 e. The predicted octanol–water partition coefficient (Wildman–Crippen LogP) is 5.54. The number of nitrogens with zero attached hydrogens (tertiary/aromatic N) is 1. The molecule has 2 amide bonds. The van der Waals surface area contributed by atoms with Crippen LogP contribution in [0.3, 0.4) is 0 Å². The monoisotopic (exact) mass is 532 g/mol. The molecule has 0 spiro atoms. The minimum atomic E-state index is -0.594. The zero-order valence-electron chi connectivity index (χ0n) is 21.1. The third kappa shape index (κ3) is 8.05. The van der Waals surface area contributed by atoms with E-state index < -0.39 is 6.04 Å². The Bertz CT molecular complexity index is 944. The molecular formula is C27H37BrN2O4. The van der Waals surface area contributed by atoms with Gasteiger partial charge in [-0.05, 0) is 69.6 Å². The Hall–Kier alpha value is -2.54. The molecule has 2 aromatic rings. The maximum atomic E-state index is 13.4. The van der Waals surface area contributed by atoms with E-state index in [1.807, 2.05) is 63.2 Å². The molecular weight excluding hydrogens is 496 g/mol. The van der Waals surface area contributed by atoms with Crippen molar-refractivity contribution in [1.82, 2.24) is 10.2 Å². The van der Waals surface area contributed by atoms with Gasteiger partial charge in [0.1, 0.15) is 17.5 Å². The number of carbonyl (C=O) groups excluding carboxylic acids is 2. The number of rotatable bonds is 12. The Morgan fingerprint density at radius 1 is 1.06 bits per heavy atom. The van der Waals surface area contributed by atoms with Crippen LogP contribution >= 0.6 is 15.9 Å². The average molecular weight is 534 g/mol. The standard InChI is InChI=1S/C27H37BrN2O4/c1-7-24(27(32)29-15-18(2)3)30(16-20-8-11-22(33-6)12-9-20)26(31)17-34-25-13-10-21(19(4)5)14-23(25)28/h8-14,18-19,24H,7,15-17H2,1-6H3,(H,29,32). The van der Waals surface area contributed by atoms with Gasteiger partial charge < -0.3 is 19.7 Å². The van der Waals surface area contributed by atoms with Crippen molar-refractivity contribution in [3.8, 4) is 11.5 Å². The quantitative estimate of drug-likeness (QED) is 0.389. The predicted molar refractivity (Wildman–Crippen MR) is 139 cm³/mol. The molecule has 7 heteroatoms. The Kier molecular flexibility index (Phi) is 10.9.